The molecule has 16 nitrogen and oxygen atoms in total. The van der Waals surface area contributed by atoms with Crippen LogP contribution in [0.4, 0.5) is 10.5 Å². The molecule has 3 saturated heterocycles. The summed E-state index contributed by atoms with van der Waals surface area (Å²) in [5, 5.41) is 23.9. The van der Waals surface area contributed by atoms with Crippen molar-refractivity contribution in [3.8, 4) is 11.3 Å². The number of likely N-dealkylation sites (N-methyl/N-ethyl adjacent to an activating group) is 1. The average molecular weight is 854 g/mol. The van der Waals surface area contributed by atoms with E-state index in [1.54, 1.807) is 23.6 Å². The first-order valence-electron chi connectivity index (χ1n) is 21.9. The quantitative estimate of drug-likeness (QED) is 0.0815. The molecule has 3 unspecified atom stereocenters. The number of amides is 1. The molecule has 340 valence electrons. The van der Waals surface area contributed by atoms with Crippen LogP contribution in [0.2, 0.25) is 0 Å². The smallest absolute Gasteiger partial charge is 0.410 e. The van der Waals surface area contributed by atoms with E-state index in [9.17, 15) is 19.5 Å². The minimum absolute atomic E-state index is 0.0451. The summed E-state index contributed by atoms with van der Waals surface area (Å²) in [7, 11) is 5.39. The number of aliphatic hydroxyl groups is 1. The van der Waals surface area contributed by atoms with Crippen molar-refractivity contribution in [3.05, 3.63) is 43.1 Å². The molecule has 3 aliphatic rings. The lowest BCUT2D eigenvalue weighted by molar-refractivity contribution is -0.295. The van der Waals surface area contributed by atoms with E-state index in [1.165, 1.54) is 6.92 Å². The first-order chi connectivity index (χ1) is 28.9. The predicted octanol–water partition coefficient (Wildman–Crippen LogP) is 4.84. The first kappa shape index (κ1) is 48.1. The number of cyclic esters (lactones) is 1. The summed E-state index contributed by atoms with van der Waals surface area (Å²) < 4.78 is 33.5. The Labute approximate surface area is 361 Å². The summed E-state index contributed by atoms with van der Waals surface area (Å²) in [6.07, 6.45) is 2.31. The summed E-state index contributed by atoms with van der Waals surface area (Å²) >= 11 is 0. The number of ketones is 1. The standard InChI is InChI=1S/C45H71N7O9/c1-12-17-33-39-45(8,61-43(56)52(39)21-15-14-20-51-26-34(48-49-51)31-18-16-19-32(46)23-31)36(13-2)59-41(55)30(6)37(53)29(5)40(44(7,57-11)24-27(3)25-47-33)60-42-38(54)35(50(9)10)22-28(4)58-42/h12,16,18-19,23,26-30,33,35-36,38-40,42,47,54H,1,13-15,17,20-22,24-25,46H2,2-11H3/t27-,28?,29+,30-,33-,35?,36-,38?,39-,40-,42+,44-,45-/m1/s1. The summed E-state index contributed by atoms with van der Waals surface area (Å²) in [6.45, 7) is 18.4. The van der Waals surface area contributed by atoms with E-state index < -0.39 is 71.5 Å². The SMILES string of the molecule is C=CC[C@H]1NC[C@H](C)C[C@@](C)(OC)[C@H](O[C@@H]2OC(C)CC(N(C)C)C2O)[C@@H](C)C(=O)[C@@H](C)C(=O)O[C@H](CC)[C@@]2(C)OC(=O)N(CCCCn3cc(-c4cccc(N)c4)nn3)[C@H]12. The van der Waals surface area contributed by atoms with Gasteiger partial charge < -0.3 is 44.7 Å². The third-order valence-corrected chi connectivity index (χ3v) is 13.1. The van der Waals surface area contributed by atoms with Gasteiger partial charge in [0.2, 0.25) is 0 Å². The molecule has 0 aliphatic carbocycles. The number of fused-ring (bicyclic) bond motifs is 1. The van der Waals surface area contributed by atoms with E-state index in [0.29, 0.717) is 63.8 Å². The highest BCUT2D eigenvalue weighted by atomic mass is 16.7. The second-order valence-electron chi connectivity index (χ2n) is 18.1. The largest absolute Gasteiger partial charge is 0.458 e. The van der Waals surface area contributed by atoms with E-state index in [4.69, 9.17) is 29.4 Å². The molecule has 16 heteroatoms. The van der Waals surface area contributed by atoms with Gasteiger partial charge in [0, 0.05) is 49.5 Å². The van der Waals surface area contributed by atoms with Gasteiger partial charge in [-0.05, 0) is 105 Å². The van der Waals surface area contributed by atoms with Crippen LogP contribution in [-0.4, -0.2) is 142 Å². The van der Waals surface area contributed by atoms with Gasteiger partial charge in [0.15, 0.2) is 17.7 Å². The number of ether oxygens (including phenoxy) is 5. The molecule has 3 fully saturated rings. The van der Waals surface area contributed by atoms with Crippen LogP contribution in [0.1, 0.15) is 87.0 Å². The van der Waals surface area contributed by atoms with Crippen molar-refractivity contribution < 1.29 is 43.2 Å². The molecule has 2 aromatic rings. The number of nitrogens with zero attached hydrogens (tertiary/aromatic N) is 5. The molecule has 3 aliphatic heterocycles. The molecule has 0 bridgehead atoms. The number of unbranched alkanes of at least 4 members (excludes halogenated alkanes) is 1. The number of esters is 1. The third-order valence-electron chi connectivity index (χ3n) is 13.1. The second kappa shape index (κ2) is 20.5. The van der Waals surface area contributed by atoms with Gasteiger partial charge in [-0.2, -0.15) is 0 Å². The van der Waals surface area contributed by atoms with Gasteiger partial charge in [-0.3, -0.25) is 19.2 Å². The number of rotatable bonds is 13. The number of carbonyl (C=O) groups is 3. The lowest BCUT2D eigenvalue weighted by atomic mass is 9.78. The number of nitrogens with one attached hydrogen (secondary N) is 1. The Hall–Kier alpha value is -3.93. The Kier molecular flexibility index (Phi) is 16.2. The highest BCUT2D eigenvalue weighted by Crippen LogP contribution is 2.41. The molecule has 4 N–H and O–H groups in total. The Balaban J connectivity index is 1.42. The monoisotopic (exact) mass is 854 g/mol. The van der Waals surface area contributed by atoms with Gasteiger partial charge in [0.05, 0.1) is 30.0 Å². The Bertz CT molecular complexity index is 1810. The minimum atomic E-state index is -1.28. The number of benzene rings is 1. The maximum Gasteiger partial charge on any atom is 0.410 e. The van der Waals surface area contributed by atoms with Crippen LogP contribution in [0.25, 0.3) is 11.3 Å². The van der Waals surface area contributed by atoms with Crippen LogP contribution in [0, 0.1) is 17.8 Å². The number of hydrogen-bond donors (Lipinski definition) is 3. The van der Waals surface area contributed by atoms with Crippen molar-refractivity contribution in [2.45, 2.75) is 154 Å². The second-order valence-corrected chi connectivity index (χ2v) is 18.1. The van der Waals surface area contributed by atoms with Crippen molar-refractivity contribution in [1.29, 1.82) is 0 Å². The predicted molar refractivity (Wildman–Crippen MR) is 231 cm³/mol. The maximum absolute atomic E-state index is 14.4. The van der Waals surface area contributed by atoms with Crippen molar-refractivity contribution in [2.24, 2.45) is 17.8 Å². The topological polar surface area (TPSA) is 193 Å². The van der Waals surface area contributed by atoms with Crippen LogP contribution in [-0.2, 0) is 39.8 Å². The van der Waals surface area contributed by atoms with Crippen LogP contribution in [0.5, 0.6) is 0 Å². The lowest BCUT2D eigenvalue weighted by Gasteiger charge is -2.46. The van der Waals surface area contributed by atoms with Crippen molar-refractivity contribution in [3.63, 3.8) is 0 Å². The third kappa shape index (κ3) is 10.8. The van der Waals surface area contributed by atoms with Crippen LogP contribution in [0.15, 0.2) is 43.1 Å². The number of nitrogen functional groups attached to an aromatic ring is 1. The molecule has 1 amide bonds. The fourth-order valence-electron chi connectivity index (χ4n) is 9.66. The summed E-state index contributed by atoms with van der Waals surface area (Å²) in [5.41, 5.74) is 5.88. The molecule has 0 saturated carbocycles. The molecule has 1 aromatic heterocycles. The molecule has 0 radical (unpaired) electrons. The van der Waals surface area contributed by atoms with Gasteiger partial charge in [-0.15, -0.1) is 11.7 Å². The maximum atomic E-state index is 14.4. The zero-order valence-corrected chi connectivity index (χ0v) is 37.9. The van der Waals surface area contributed by atoms with E-state index >= 15 is 0 Å². The minimum Gasteiger partial charge on any atom is -0.458 e. The van der Waals surface area contributed by atoms with Crippen LogP contribution in [0.3, 0.4) is 0 Å². The Morgan fingerprint density at radius 2 is 1.85 bits per heavy atom. The Morgan fingerprint density at radius 3 is 2.51 bits per heavy atom. The molecule has 5 rings (SSSR count). The van der Waals surface area contributed by atoms with Crippen molar-refractivity contribution >= 4 is 23.5 Å². The highest BCUT2D eigenvalue weighted by molar-refractivity contribution is 6.00. The number of carbonyl (C=O) groups excluding carboxylic acids is 3. The van der Waals surface area contributed by atoms with Crippen LogP contribution < -0.4 is 11.1 Å². The van der Waals surface area contributed by atoms with Gasteiger partial charge in [0.1, 0.15) is 23.8 Å². The average Bonchev–Trinajstić information content (AvgIpc) is 3.80. The van der Waals surface area contributed by atoms with Crippen molar-refractivity contribution in [2.75, 3.05) is 40.0 Å². The summed E-state index contributed by atoms with van der Waals surface area (Å²) in [4.78, 5) is 46.3. The van der Waals surface area contributed by atoms with Gasteiger partial charge in [-0.1, -0.05) is 44.2 Å². The highest BCUT2D eigenvalue weighted by Gasteiger charge is 2.59. The number of anilines is 1. The fraction of sp³-hybridized carbons (Fsp3) is 0.711. The fourth-order valence-corrected chi connectivity index (χ4v) is 9.66. The number of nitrogens with two attached hydrogens (primary N) is 1. The molecule has 4 heterocycles. The van der Waals surface area contributed by atoms with E-state index in [2.05, 4.69) is 29.1 Å². The molecular formula is C45H71N7O9. The number of Topliss-reactive ketones (excluding diaryl/α,β-unsaturated/α-hetero) is 1. The van der Waals surface area contributed by atoms with E-state index in [0.717, 1.165) is 11.3 Å². The zero-order chi connectivity index (χ0) is 44.8. The van der Waals surface area contributed by atoms with E-state index in [-0.39, 0.29) is 24.1 Å². The van der Waals surface area contributed by atoms with Gasteiger partial charge in [-0.25, -0.2) is 4.79 Å². The number of aryl methyl sites for hydroxylation is 1. The lowest BCUT2D eigenvalue weighted by Crippen LogP contribution is -2.61. The number of methoxy groups -OCH3 is 1. The van der Waals surface area contributed by atoms with Gasteiger partial charge in [0.25, 0.3) is 0 Å². The van der Waals surface area contributed by atoms with Crippen LogP contribution >= 0.6 is 0 Å². The number of hydrogen-bond acceptors (Lipinski definition) is 14. The molecular weight excluding hydrogens is 783 g/mol. The summed E-state index contributed by atoms with van der Waals surface area (Å²) in [6, 6.07) is 6.33. The molecule has 1 aromatic carbocycles. The first-order valence-corrected chi connectivity index (χ1v) is 21.9. The normalized spacial score (nSPS) is 35.6. The molecule has 61 heavy (non-hydrogen) atoms. The van der Waals surface area contributed by atoms with E-state index in [1.807, 2.05) is 83.2 Å². The zero-order valence-electron chi connectivity index (χ0n) is 37.9. The Morgan fingerprint density at radius 1 is 1.13 bits per heavy atom. The molecule has 13 atom stereocenters. The summed E-state index contributed by atoms with van der Waals surface area (Å²) in [5.74, 6) is -3.25. The van der Waals surface area contributed by atoms with Gasteiger partial charge >= 0.3 is 12.1 Å². The molecule has 0 spiro atoms. The number of aromatic nitrogens is 3. The van der Waals surface area contributed by atoms with Crippen molar-refractivity contribution in [1.82, 2.24) is 30.1 Å². The number of aliphatic hydroxyl groups excluding tert-OH is 1.